The molecule has 4 heteroatoms. The summed E-state index contributed by atoms with van der Waals surface area (Å²) >= 11 is 0. The van der Waals surface area contributed by atoms with Gasteiger partial charge in [-0.15, -0.1) is 0 Å². The van der Waals surface area contributed by atoms with Crippen molar-refractivity contribution in [3.05, 3.63) is 35.9 Å². The number of phenolic OH excluding ortho intramolecular Hbond substituents is 1. The van der Waals surface area contributed by atoms with Crippen LogP contribution in [0.1, 0.15) is 12.5 Å². The predicted octanol–water partition coefficient (Wildman–Crippen LogP) is 2.17. The minimum atomic E-state index is -0.950. The highest BCUT2D eigenvalue weighted by Gasteiger charge is 2.06. The molecule has 0 amide bonds. The second-order valence-corrected chi connectivity index (χ2v) is 3.75. The van der Waals surface area contributed by atoms with E-state index in [9.17, 15) is 9.90 Å². The lowest BCUT2D eigenvalue weighted by atomic mass is 10.1. The summed E-state index contributed by atoms with van der Waals surface area (Å²) in [5.74, 6) is -0.736. The maximum atomic E-state index is 10.4. The van der Waals surface area contributed by atoms with Gasteiger partial charge in [0.15, 0.2) is 0 Å². The zero-order chi connectivity index (χ0) is 12.8. The predicted molar refractivity (Wildman–Crippen MR) is 67.5 cm³/mol. The Balaban J connectivity index is 2.86. The number of aliphatic carboxylic acids is 1. The number of carboxylic acid groups (broad SMARTS) is 1. The van der Waals surface area contributed by atoms with E-state index in [1.54, 1.807) is 18.2 Å². The molecule has 0 aromatic heterocycles. The summed E-state index contributed by atoms with van der Waals surface area (Å²) < 4.78 is 0. The summed E-state index contributed by atoms with van der Waals surface area (Å²) in [6.45, 7) is 5.19. The van der Waals surface area contributed by atoms with E-state index in [1.165, 1.54) is 0 Å². The van der Waals surface area contributed by atoms with Gasteiger partial charge in [0.05, 0.1) is 0 Å². The van der Waals surface area contributed by atoms with E-state index in [0.717, 1.165) is 23.9 Å². The van der Waals surface area contributed by atoms with Crippen molar-refractivity contribution >= 4 is 11.7 Å². The number of phenols is 1. The van der Waals surface area contributed by atoms with E-state index < -0.39 is 5.97 Å². The first-order valence-corrected chi connectivity index (χ1v) is 5.48. The first-order valence-electron chi connectivity index (χ1n) is 5.48. The maximum absolute atomic E-state index is 10.4. The Bertz CT molecular complexity index is 427. The minimum Gasteiger partial charge on any atom is -0.508 e. The standard InChI is InChI=1S/C13H17NO3/c1-3-14(8-4-5-13(16)17)12-9-11(15)7-6-10(12)2/h4-7,9,15H,3,8H2,1-2H3,(H,16,17)/b5-4+. The summed E-state index contributed by atoms with van der Waals surface area (Å²) in [5, 5.41) is 18.0. The van der Waals surface area contributed by atoms with Gasteiger partial charge in [-0.3, -0.25) is 0 Å². The average molecular weight is 235 g/mol. The quantitative estimate of drug-likeness (QED) is 0.768. The third-order valence-electron chi connectivity index (χ3n) is 2.50. The zero-order valence-electron chi connectivity index (χ0n) is 10.1. The van der Waals surface area contributed by atoms with Gasteiger partial charge in [-0.2, -0.15) is 0 Å². The average Bonchev–Trinajstić information content (AvgIpc) is 2.28. The smallest absolute Gasteiger partial charge is 0.328 e. The van der Waals surface area contributed by atoms with Crippen LogP contribution in [0.15, 0.2) is 30.4 Å². The van der Waals surface area contributed by atoms with Gasteiger partial charge >= 0.3 is 5.97 Å². The number of likely N-dealkylation sites (N-methyl/N-ethyl adjacent to an activating group) is 1. The highest BCUT2D eigenvalue weighted by Crippen LogP contribution is 2.24. The molecule has 0 aliphatic rings. The Morgan fingerprint density at radius 1 is 1.47 bits per heavy atom. The molecule has 92 valence electrons. The fourth-order valence-electron chi connectivity index (χ4n) is 1.62. The number of rotatable bonds is 5. The van der Waals surface area contributed by atoms with Crippen LogP contribution in [0.2, 0.25) is 0 Å². The summed E-state index contributed by atoms with van der Waals surface area (Å²) in [6.07, 6.45) is 2.72. The number of hydrogen-bond acceptors (Lipinski definition) is 3. The number of hydrogen-bond donors (Lipinski definition) is 2. The second-order valence-electron chi connectivity index (χ2n) is 3.75. The maximum Gasteiger partial charge on any atom is 0.328 e. The Kier molecular flexibility index (Phi) is 4.57. The van der Waals surface area contributed by atoms with Crippen molar-refractivity contribution in [3.63, 3.8) is 0 Å². The summed E-state index contributed by atoms with van der Waals surface area (Å²) in [5.41, 5.74) is 1.97. The molecule has 17 heavy (non-hydrogen) atoms. The Morgan fingerprint density at radius 3 is 2.76 bits per heavy atom. The van der Waals surface area contributed by atoms with E-state index in [-0.39, 0.29) is 5.75 Å². The summed E-state index contributed by atoms with van der Waals surface area (Å²) in [7, 11) is 0. The lowest BCUT2D eigenvalue weighted by Crippen LogP contribution is -2.23. The number of aromatic hydroxyl groups is 1. The molecular formula is C13H17NO3. The summed E-state index contributed by atoms with van der Waals surface area (Å²) in [6, 6.07) is 5.17. The van der Waals surface area contributed by atoms with Gasteiger partial charge in [-0.1, -0.05) is 12.1 Å². The van der Waals surface area contributed by atoms with Crippen LogP contribution in [-0.2, 0) is 4.79 Å². The van der Waals surface area contributed by atoms with Crippen LogP contribution < -0.4 is 4.90 Å². The van der Waals surface area contributed by atoms with Crippen molar-refractivity contribution in [3.8, 4) is 5.75 Å². The van der Waals surface area contributed by atoms with Crippen molar-refractivity contribution in [1.82, 2.24) is 0 Å². The fourth-order valence-corrected chi connectivity index (χ4v) is 1.62. The number of anilines is 1. The van der Waals surface area contributed by atoms with Gasteiger partial charge in [-0.25, -0.2) is 4.79 Å². The molecule has 0 fully saturated rings. The molecule has 0 spiro atoms. The molecule has 0 saturated heterocycles. The van der Waals surface area contributed by atoms with Crippen LogP contribution in [0.3, 0.4) is 0 Å². The molecule has 0 aliphatic carbocycles. The van der Waals surface area contributed by atoms with E-state index >= 15 is 0 Å². The van der Waals surface area contributed by atoms with Crippen molar-refractivity contribution in [2.75, 3.05) is 18.0 Å². The van der Waals surface area contributed by atoms with Crippen LogP contribution in [0.25, 0.3) is 0 Å². The van der Waals surface area contributed by atoms with Crippen LogP contribution in [0.4, 0.5) is 5.69 Å². The third kappa shape index (κ3) is 3.83. The van der Waals surface area contributed by atoms with Gasteiger partial charge in [0.1, 0.15) is 5.75 Å². The van der Waals surface area contributed by atoms with Crippen LogP contribution in [-0.4, -0.2) is 29.3 Å². The lowest BCUT2D eigenvalue weighted by Gasteiger charge is -2.23. The number of aryl methyl sites for hydroxylation is 1. The van der Waals surface area contributed by atoms with Gasteiger partial charge in [-0.05, 0) is 25.5 Å². The van der Waals surface area contributed by atoms with Gasteiger partial charge < -0.3 is 15.1 Å². The largest absolute Gasteiger partial charge is 0.508 e. The highest BCUT2D eigenvalue weighted by atomic mass is 16.4. The van der Waals surface area contributed by atoms with Gasteiger partial charge in [0.25, 0.3) is 0 Å². The molecule has 0 radical (unpaired) electrons. The molecule has 0 heterocycles. The molecule has 1 aromatic carbocycles. The topological polar surface area (TPSA) is 60.8 Å². The molecule has 2 N–H and O–H groups in total. The third-order valence-corrected chi connectivity index (χ3v) is 2.50. The normalized spacial score (nSPS) is 10.7. The molecule has 1 aromatic rings. The van der Waals surface area contributed by atoms with E-state index in [1.807, 2.05) is 24.8 Å². The molecule has 4 nitrogen and oxygen atoms in total. The van der Waals surface area contributed by atoms with E-state index in [4.69, 9.17) is 5.11 Å². The summed E-state index contributed by atoms with van der Waals surface area (Å²) in [4.78, 5) is 12.4. The SMILES string of the molecule is CCN(C/C=C/C(=O)O)c1cc(O)ccc1C. The molecule has 0 saturated carbocycles. The second kappa shape index (κ2) is 5.94. The van der Waals surface area contributed by atoms with Crippen LogP contribution in [0, 0.1) is 6.92 Å². The van der Waals surface area contributed by atoms with E-state index in [2.05, 4.69) is 0 Å². The molecular weight excluding hydrogens is 218 g/mol. The number of carbonyl (C=O) groups is 1. The first kappa shape index (κ1) is 13.1. The van der Waals surface area contributed by atoms with Gasteiger partial charge in [0.2, 0.25) is 0 Å². The van der Waals surface area contributed by atoms with Crippen molar-refractivity contribution in [1.29, 1.82) is 0 Å². The van der Waals surface area contributed by atoms with Crippen LogP contribution >= 0.6 is 0 Å². The molecule has 0 aliphatic heterocycles. The fraction of sp³-hybridized carbons (Fsp3) is 0.308. The van der Waals surface area contributed by atoms with Gasteiger partial charge in [0, 0.05) is 30.9 Å². The lowest BCUT2D eigenvalue weighted by molar-refractivity contribution is -0.131. The van der Waals surface area contributed by atoms with Crippen LogP contribution in [0.5, 0.6) is 5.75 Å². The Hall–Kier alpha value is -1.97. The van der Waals surface area contributed by atoms with Crippen molar-refractivity contribution in [2.24, 2.45) is 0 Å². The highest BCUT2D eigenvalue weighted by molar-refractivity contribution is 5.79. The van der Waals surface area contributed by atoms with Crippen molar-refractivity contribution < 1.29 is 15.0 Å². The van der Waals surface area contributed by atoms with E-state index in [0.29, 0.717) is 6.54 Å². The molecule has 0 bridgehead atoms. The number of nitrogens with zero attached hydrogens (tertiary/aromatic N) is 1. The Morgan fingerprint density at radius 2 is 2.18 bits per heavy atom. The number of benzene rings is 1. The molecule has 0 unspecified atom stereocenters. The van der Waals surface area contributed by atoms with Crippen molar-refractivity contribution in [2.45, 2.75) is 13.8 Å². The Labute approximate surface area is 101 Å². The first-order chi connectivity index (χ1) is 8.04. The number of carboxylic acids is 1. The monoisotopic (exact) mass is 235 g/mol. The zero-order valence-corrected chi connectivity index (χ0v) is 10.1. The molecule has 0 atom stereocenters. The molecule has 1 rings (SSSR count). The minimum absolute atomic E-state index is 0.214.